The van der Waals surface area contributed by atoms with Crippen LogP contribution < -0.4 is 11.3 Å². The van der Waals surface area contributed by atoms with E-state index in [-0.39, 0.29) is 6.04 Å². The Kier molecular flexibility index (Phi) is 2.76. The molecule has 2 aromatic rings. The van der Waals surface area contributed by atoms with Crippen LogP contribution in [0.1, 0.15) is 11.7 Å². The Bertz CT molecular complexity index is 474. The lowest BCUT2D eigenvalue weighted by molar-refractivity contribution is 0.645. The summed E-state index contributed by atoms with van der Waals surface area (Å²) in [5.74, 6) is 5.45. The molecular weight excluding hydrogens is 186 g/mol. The van der Waals surface area contributed by atoms with Crippen LogP contribution in [0.5, 0.6) is 0 Å². The summed E-state index contributed by atoms with van der Waals surface area (Å²) in [5, 5.41) is 2.26. The Morgan fingerprint density at radius 1 is 1.33 bits per heavy atom. The van der Waals surface area contributed by atoms with Crippen molar-refractivity contribution in [1.82, 2.24) is 10.4 Å². The topological polar surface area (TPSA) is 50.9 Å². The van der Waals surface area contributed by atoms with Crippen molar-refractivity contribution < 1.29 is 0 Å². The maximum atomic E-state index is 5.45. The Morgan fingerprint density at radius 3 is 2.87 bits per heavy atom. The van der Waals surface area contributed by atoms with Crippen LogP contribution in [0.25, 0.3) is 10.8 Å². The van der Waals surface area contributed by atoms with Crippen LogP contribution in [0.4, 0.5) is 0 Å². The first-order valence-electron chi connectivity index (χ1n) is 4.79. The van der Waals surface area contributed by atoms with E-state index in [4.69, 9.17) is 5.84 Å². The number of rotatable bonds is 3. The van der Waals surface area contributed by atoms with Gasteiger partial charge in [-0.2, -0.15) is 0 Å². The van der Waals surface area contributed by atoms with Gasteiger partial charge in [-0.05, 0) is 11.5 Å². The first-order chi connectivity index (χ1) is 7.36. The molecule has 0 amide bonds. The molecule has 1 aromatic heterocycles. The molecule has 0 saturated heterocycles. The summed E-state index contributed by atoms with van der Waals surface area (Å²) in [6.07, 6.45) is 3.53. The summed E-state index contributed by atoms with van der Waals surface area (Å²) in [6.45, 7) is 3.73. The second-order valence-corrected chi connectivity index (χ2v) is 3.30. The zero-order chi connectivity index (χ0) is 10.7. The molecule has 2 rings (SSSR count). The van der Waals surface area contributed by atoms with Gasteiger partial charge in [0, 0.05) is 11.6 Å². The lowest BCUT2D eigenvalue weighted by Gasteiger charge is -2.12. The van der Waals surface area contributed by atoms with Gasteiger partial charge in [0.05, 0.1) is 11.7 Å². The molecule has 0 aliphatic heterocycles. The summed E-state index contributed by atoms with van der Waals surface area (Å²) in [4.78, 5) is 4.34. The van der Waals surface area contributed by atoms with E-state index in [1.54, 1.807) is 12.3 Å². The molecule has 0 bridgehead atoms. The standard InChI is InChI=1S/C12H13N3/c1-2-11(15-13)12-10-6-4-3-5-9(10)7-8-14-12/h2-8,11,15H,1,13H2. The van der Waals surface area contributed by atoms with Crippen LogP contribution >= 0.6 is 0 Å². The lowest BCUT2D eigenvalue weighted by Crippen LogP contribution is -2.27. The first-order valence-corrected chi connectivity index (χ1v) is 4.79. The third-order valence-electron chi connectivity index (χ3n) is 2.41. The summed E-state index contributed by atoms with van der Waals surface area (Å²) in [5.41, 5.74) is 3.59. The van der Waals surface area contributed by atoms with Crippen molar-refractivity contribution in [3.8, 4) is 0 Å². The Balaban J connectivity index is 2.64. The molecule has 3 heteroatoms. The van der Waals surface area contributed by atoms with E-state index in [2.05, 4.69) is 23.1 Å². The van der Waals surface area contributed by atoms with Crippen LogP contribution in [0.3, 0.4) is 0 Å². The smallest absolute Gasteiger partial charge is 0.0816 e. The number of fused-ring (bicyclic) bond motifs is 1. The minimum Gasteiger partial charge on any atom is -0.271 e. The van der Waals surface area contributed by atoms with Crippen LogP contribution in [0.2, 0.25) is 0 Å². The average molecular weight is 199 g/mol. The zero-order valence-electron chi connectivity index (χ0n) is 8.35. The van der Waals surface area contributed by atoms with E-state index in [9.17, 15) is 0 Å². The molecule has 0 aliphatic rings. The molecule has 1 aromatic carbocycles. The molecule has 0 aliphatic carbocycles. The normalized spacial score (nSPS) is 12.6. The van der Waals surface area contributed by atoms with Gasteiger partial charge in [-0.1, -0.05) is 30.3 Å². The minimum atomic E-state index is -0.115. The predicted molar refractivity (Wildman–Crippen MR) is 62.0 cm³/mol. The van der Waals surface area contributed by atoms with E-state index in [0.29, 0.717) is 0 Å². The summed E-state index contributed by atoms with van der Waals surface area (Å²) in [6, 6.07) is 9.95. The molecule has 0 spiro atoms. The monoisotopic (exact) mass is 199 g/mol. The van der Waals surface area contributed by atoms with Crippen molar-refractivity contribution in [2.75, 3.05) is 0 Å². The highest BCUT2D eigenvalue weighted by atomic mass is 15.2. The number of benzene rings is 1. The highest BCUT2D eigenvalue weighted by molar-refractivity contribution is 5.84. The van der Waals surface area contributed by atoms with Gasteiger partial charge in [0.2, 0.25) is 0 Å². The van der Waals surface area contributed by atoms with Crippen molar-refractivity contribution in [2.24, 2.45) is 5.84 Å². The molecule has 1 atom stereocenters. The Morgan fingerprint density at radius 2 is 2.13 bits per heavy atom. The van der Waals surface area contributed by atoms with E-state index in [0.717, 1.165) is 16.5 Å². The highest BCUT2D eigenvalue weighted by Gasteiger charge is 2.09. The molecule has 1 unspecified atom stereocenters. The number of hydrazine groups is 1. The van der Waals surface area contributed by atoms with Gasteiger partial charge in [-0.3, -0.25) is 10.8 Å². The average Bonchev–Trinajstić information content (AvgIpc) is 2.31. The second-order valence-electron chi connectivity index (χ2n) is 3.30. The number of nitrogens with two attached hydrogens (primary N) is 1. The molecule has 76 valence electrons. The summed E-state index contributed by atoms with van der Waals surface area (Å²) in [7, 11) is 0. The maximum absolute atomic E-state index is 5.45. The van der Waals surface area contributed by atoms with Gasteiger partial charge in [-0.25, -0.2) is 5.43 Å². The maximum Gasteiger partial charge on any atom is 0.0816 e. The first kappa shape index (κ1) is 9.83. The number of aromatic nitrogens is 1. The van der Waals surface area contributed by atoms with Crippen LogP contribution in [0, 0.1) is 0 Å². The summed E-state index contributed by atoms with van der Waals surface area (Å²) < 4.78 is 0. The Labute approximate surface area is 88.6 Å². The Hall–Kier alpha value is -1.71. The van der Waals surface area contributed by atoms with E-state index < -0.39 is 0 Å². The third-order valence-corrected chi connectivity index (χ3v) is 2.41. The molecule has 0 saturated carbocycles. The largest absolute Gasteiger partial charge is 0.271 e. The number of nitrogens with zero attached hydrogens (tertiary/aromatic N) is 1. The van der Waals surface area contributed by atoms with Gasteiger partial charge in [-0.15, -0.1) is 6.58 Å². The van der Waals surface area contributed by atoms with Crippen molar-refractivity contribution in [2.45, 2.75) is 6.04 Å². The van der Waals surface area contributed by atoms with Gasteiger partial charge in [0.25, 0.3) is 0 Å². The molecule has 1 heterocycles. The predicted octanol–water partition coefficient (Wildman–Crippen LogP) is 1.93. The fraction of sp³-hybridized carbons (Fsp3) is 0.0833. The molecule has 0 radical (unpaired) electrons. The summed E-state index contributed by atoms with van der Waals surface area (Å²) >= 11 is 0. The highest BCUT2D eigenvalue weighted by Crippen LogP contribution is 2.21. The molecular formula is C12H13N3. The van der Waals surface area contributed by atoms with Gasteiger partial charge >= 0.3 is 0 Å². The molecule has 15 heavy (non-hydrogen) atoms. The number of nitrogens with one attached hydrogen (secondary N) is 1. The minimum absolute atomic E-state index is 0.115. The van der Waals surface area contributed by atoms with Crippen molar-refractivity contribution in [1.29, 1.82) is 0 Å². The molecule has 3 nitrogen and oxygen atoms in total. The molecule has 0 fully saturated rings. The fourth-order valence-corrected chi connectivity index (χ4v) is 1.65. The van der Waals surface area contributed by atoms with E-state index in [1.165, 1.54) is 0 Å². The van der Waals surface area contributed by atoms with Crippen molar-refractivity contribution in [3.63, 3.8) is 0 Å². The van der Waals surface area contributed by atoms with Crippen LogP contribution in [-0.2, 0) is 0 Å². The zero-order valence-corrected chi connectivity index (χ0v) is 8.35. The number of hydrogen-bond donors (Lipinski definition) is 2. The number of hydrogen-bond acceptors (Lipinski definition) is 3. The number of pyridine rings is 1. The van der Waals surface area contributed by atoms with Gasteiger partial charge < -0.3 is 0 Å². The van der Waals surface area contributed by atoms with Crippen molar-refractivity contribution >= 4 is 10.8 Å². The second kappa shape index (κ2) is 4.21. The molecule has 3 N–H and O–H groups in total. The quantitative estimate of drug-likeness (QED) is 0.451. The van der Waals surface area contributed by atoms with Gasteiger partial charge in [0.15, 0.2) is 0 Å². The van der Waals surface area contributed by atoms with Crippen LogP contribution in [-0.4, -0.2) is 4.98 Å². The van der Waals surface area contributed by atoms with Crippen LogP contribution in [0.15, 0.2) is 49.2 Å². The third kappa shape index (κ3) is 1.75. The van der Waals surface area contributed by atoms with Gasteiger partial charge in [0.1, 0.15) is 0 Å². The SMILES string of the molecule is C=CC(NN)c1nccc2ccccc12. The fourth-order valence-electron chi connectivity index (χ4n) is 1.65. The lowest BCUT2D eigenvalue weighted by atomic mass is 10.1. The van der Waals surface area contributed by atoms with Crippen molar-refractivity contribution in [3.05, 3.63) is 54.9 Å². The van der Waals surface area contributed by atoms with E-state index in [1.807, 2.05) is 24.3 Å². The van der Waals surface area contributed by atoms with E-state index >= 15 is 0 Å².